The summed E-state index contributed by atoms with van der Waals surface area (Å²) < 4.78 is 12.1. The first-order chi connectivity index (χ1) is 12.7. The molecule has 1 atom stereocenters. The Kier molecular flexibility index (Phi) is 8.67. The molecular weight excluding hydrogens is 324 g/mol. The lowest BCUT2D eigenvalue weighted by molar-refractivity contribution is -0.00189. The molecule has 0 heterocycles. The van der Waals surface area contributed by atoms with Crippen molar-refractivity contribution >= 4 is 11.4 Å². The molecule has 0 aliphatic carbocycles. The molecule has 0 aliphatic heterocycles. The SMILES string of the molecule is CCCCCCCCCC(Oc1ccc(N)cc1)Oc1ccccc1N. The van der Waals surface area contributed by atoms with Gasteiger partial charge in [0.15, 0.2) is 0 Å². The maximum absolute atomic E-state index is 6.05. The Balaban J connectivity index is 1.88. The highest BCUT2D eigenvalue weighted by molar-refractivity contribution is 5.51. The number of hydrogen-bond donors (Lipinski definition) is 2. The summed E-state index contributed by atoms with van der Waals surface area (Å²) in [6.45, 7) is 2.24. The van der Waals surface area contributed by atoms with Gasteiger partial charge in [0, 0.05) is 12.1 Å². The van der Waals surface area contributed by atoms with Crippen LogP contribution in [0.5, 0.6) is 11.5 Å². The molecule has 0 spiro atoms. The minimum absolute atomic E-state index is 0.362. The van der Waals surface area contributed by atoms with E-state index in [4.69, 9.17) is 20.9 Å². The van der Waals surface area contributed by atoms with E-state index in [9.17, 15) is 0 Å². The second-order valence-corrected chi connectivity index (χ2v) is 6.68. The van der Waals surface area contributed by atoms with Crippen LogP contribution in [0.2, 0.25) is 0 Å². The van der Waals surface area contributed by atoms with Crippen LogP contribution in [0.15, 0.2) is 48.5 Å². The summed E-state index contributed by atoms with van der Waals surface area (Å²) in [5.41, 5.74) is 13.1. The summed E-state index contributed by atoms with van der Waals surface area (Å²) in [6, 6.07) is 14.9. The lowest BCUT2D eigenvalue weighted by atomic mass is 10.1. The average Bonchev–Trinajstić information content (AvgIpc) is 2.64. The van der Waals surface area contributed by atoms with Gasteiger partial charge in [-0.1, -0.05) is 57.6 Å². The first kappa shape index (κ1) is 20.0. The number of rotatable bonds is 12. The summed E-state index contributed by atoms with van der Waals surface area (Å²) in [5, 5.41) is 0. The van der Waals surface area contributed by atoms with Gasteiger partial charge in [-0.3, -0.25) is 0 Å². The molecular formula is C22H32N2O2. The summed E-state index contributed by atoms with van der Waals surface area (Å²) >= 11 is 0. The van der Waals surface area contributed by atoms with Gasteiger partial charge in [0.25, 0.3) is 0 Å². The van der Waals surface area contributed by atoms with Gasteiger partial charge in [0.05, 0.1) is 5.69 Å². The normalized spacial score (nSPS) is 11.9. The molecule has 0 radical (unpaired) electrons. The first-order valence-electron chi connectivity index (χ1n) is 9.72. The molecule has 0 aromatic heterocycles. The Labute approximate surface area is 157 Å². The van der Waals surface area contributed by atoms with Crippen molar-refractivity contribution in [2.75, 3.05) is 11.5 Å². The third kappa shape index (κ3) is 7.26. The topological polar surface area (TPSA) is 70.5 Å². The van der Waals surface area contributed by atoms with Crippen LogP contribution >= 0.6 is 0 Å². The fourth-order valence-electron chi connectivity index (χ4n) is 2.84. The predicted molar refractivity (Wildman–Crippen MR) is 109 cm³/mol. The van der Waals surface area contributed by atoms with Crippen LogP contribution in [-0.2, 0) is 0 Å². The second-order valence-electron chi connectivity index (χ2n) is 6.68. The number of para-hydroxylation sites is 2. The average molecular weight is 357 g/mol. The maximum Gasteiger partial charge on any atom is 0.241 e. The lowest BCUT2D eigenvalue weighted by Crippen LogP contribution is -2.24. The third-order valence-electron chi connectivity index (χ3n) is 4.37. The standard InChI is InChI=1S/C22H32N2O2/c1-2-3-4-5-6-7-8-13-22(25-19-16-14-18(23)15-17-19)26-21-12-10-9-11-20(21)24/h9-12,14-17,22H,2-8,13,23-24H2,1H3. The minimum atomic E-state index is -0.362. The summed E-state index contributed by atoms with van der Waals surface area (Å²) in [6.07, 6.45) is 9.25. The monoisotopic (exact) mass is 356 g/mol. The minimum Gasteiger partial charge on any atom is -0.455 e. The van der Waals surface area contributed by atoms with Crippen LogP contribution in [0, 0.1) is 0 Å². The molecule has 0 aliphatic rings. The number of hydrogen-bond acceptors (Lipinski definition) is 4. The first-order valence-corrected chi connectivity index (χ1v) is 9.72. The summed E-state index contributed by atoms with van der Waals surface area (Å²) in [4.78, 5) is 0. The number of anilines is 2. The smallest absolute Gasteiger partial charge is 0.241 e. The van der Waals surface area contributed by atoms with Crippen molar-refractivity contribution in [1.82, 2.24) is 0 Å². The van der Waals surface area contributed by atoms with Crippen LogP contribution in [0.3, 0.4) is 0 Å². The van der Waals surface area contributed by atoms with E-state index < -0.39 is 0 Å². The number of nitrogen functional groups attached to an aromatic ring is 2. The molecule has 0 amide bonds. The Morgan fingerprint density at radius 3 is 2.12 bits per heavy atom. The van der Waals surface area contributed by atoms with Crippen LogP contribution < -0.4 is 20.9 Å². The molecule has 1 unspecified atom stereocenters. The molecule has 0 saturated carbocycles. The zero-order chi connectivity index (χ0) is 18.6. The quantitative estimate of drug-likeness (QED) is 0.287. The Bertz CT molecular complexity index is 628. The van der Waals surface area contributed by atoms with E-state index in [2.05, 4.69) is 6.92 Å². The lowest BCUT2D eigenvalue weighted by Gasteiger charge is -2.21. The predicted octanol–water partition coefficient (Wildman–Crippen LogP) is 5.78. The van der Waals surface area contributed by atoms with Gasteiger partial charge >= 0.3 is 0 Å². The van der Waals surface area contributed by atoms with E-state index in [1.165, 1.54) is 38.5 Å². The number of unbranched alkanes of at least 4 members (excludes halogenated alkanes) is 6. The molecule has 0 fully saturated rings. The molecule has 142 valence electrons. The molecule has 2 aromatic carbocycles. The number of ether oxygens (including phenoxy) is 2. The van der Waals surface area contributed by atoms with E-state index >= 15 is 0 Å². The molecule has 4 nitrogen and oxygen atoms in total. The molecule has 2 rings (SSSR count). The van der Waals surface area contributed by atoms with E-state index in [1.54, 1.807) is 0 Å². The van der Waals surface area contributed by atoms with Crippen LogP contribution in [0.25, 0.3) is 0 Å². The van der Waals surface area contributed by atoms with Crippen molar-refractivity contribution in [3.8, 4) is 11.5 Å². The fraction of sp³-hybridized carbons (Fsp3) is 0.455. The number of benzene rings is 2. The molecule has 4 heteroatoms. The van der Waals surface area contributed by atoms with Gasteiger partial charge in [-0.05, 0) is 42.8 Å². The number of nitrogens with two attached hydrogens (primary N) is 2. The van der Waals surface area contributed by atoms with E-state index in [-0.39, 0.29) is 6.29 Å². The molecule has 0 saturated heterocycles. The molecule has 26 heavy (non-hydrogen) atoms. The van der Waals surface area contributed by atoms with Gasteiger partial charge < -0.3 is 20.9 Å². The fourth-order valence-corrected chi connectivity index (χ4v) is 2.84. The van der Waals surface area contributed by atoms with E-state index in [0.717, 1.165) is 18.6 Å². The van der Waals surface area contributed by atoms with Crippen molar-refractivity contribution in [2.45, 2.75) is 64.6 Å². The van der Waals surface area contributed by atoms with Crippen LogP contribution in [0.1, 0.15) is 58.3 Å². The van der Waals surface area contributed by atoms with Gasteiger partial charge in [0.1, 0.15) is 11.5 Å². The third-order valence-corrected chi connectivity index (χ3v) is 4.37. The van der Waals surface area contributed by atoms with Gasteiger partial charge in [-0.25, -0.2) is 0 Å². The van der Waals surface area contributed by atoms with Crippen LogP contribution in [0.4, 0.5) is 11.4 Å². The highest BCUT2D eigenvalue weighted by atomic mass is 16.7. The van der Waals surface area contributed by atoms with Crippen molar-refractivity contribution in [3.05, 3.63) is 48.5 Å². The zero-order valence-corrected chi connectivity index (χ0v) is 15.8. The Hall–Kier alpha value is -2.36. The second kappa shape index (κ2) is 11.3. The highest BCUT2D eigenvalue weighted by Gasteiger charge is 2.14. The highest BCUT2D eigenvalue weighted by Crippen LogP contribution is 2.25. The summed E-state index contributed by atoms with van der Waals surface area (Å²) in [5.74, 6) is 1.41. The van der Waals surface area contributed by atoms with Crippen molar-refractivity contribution < 1.29 is 9.47 Å². The van der Waals surface area contributed by atoms with Crippen LogP contribution in [-0.4, -0.2) is 6.29 Å². The summed E-state index contributed by atoms with van der Waals surface area (Å²) in [7, 11) is 0. The molecule has 2 aromatic rings. The van der Waals surface area contributed by atoms with Crippen molar-refractivity contribution in [2.24, 2.45) is 0 Å². The largest absolute Gasteiger partial charge is 0.455 e. The Morgan fingerprint density at radius 1 is 0.769 bits per heavy atom. The van der Waals surface area contributed by atoms with E-state index in [1.807, 2.05) is 48.5 Å². The zero-order valence-electron chi connectivity index (χ0n) is 15.8. The van der Waals surface area contributed by atoms with Gasteiger partial charge in [0.2, 0.25) is 6.29 Å². The Morgan fingerprint density at radius 2 is 1.42 bits per heavy atom. The van der Waals surface area contributed by atoms with Gasteiger partial charge in [-0.15, -0.1) is 0 Å². The molecule has 0 bridgehead atoms. The van der Waals surface area contributed by atoms with Crippen molar-refractivity contribution in [1.29, 1.82) is 0 Å². The maximum atomic E-state index is 6.05. The molecule has 4 N–H and O–H groups in total. The van der Waals surface area contributed by atoms with Gasteiger partial charge in [-0.2, -0.15) is 0 Å². The van der Waals surface area contributed by atoms with E-state index in [0.29, 0.717) is 17.1 Å². The van der Waals surface area contributed by atoms with Crippen molar-refractivity contribution in [3.63, 3.8) is 0 Å².